The zero-order valence-electron chi connectivity index (χ0n) is 22.1. The summed E-state index contributed by atoms with van der Waals surface area (Å²) >= 11 is 0. The summed E-state index contributed by atoms with van der Waals surface area (Å²) in [6.07, 6.45) is 4.66. The van der Waals surface area contributed by atoms with Gasteiger partial charge in [-0.15, -0.1) is 13.2 Å². The number of fused-ring (bicyclic) bond motifs is 6. The van der Waals surface area contributed by atoms with E-state index in [1.165, 1.54) is 56.8 Å². The number of nitrogens with zero attached hydrogens (tertiary/aromatic N) is 2. The van der Waals surface area contributed by atoms with Crippen molar-refractivity contribution in [1.82, 2.24) is 9.38 Å². The highest BCUT2D eigenvalue weighted by atomic mass is 15.0. The van der Waals surface area contributed by atoms with Crippen LogP contribution in [0.25, 0.3) is 38.6 Å². The van der Waals surface area contributed by atoms with E-state index in [2.05, 4.69) is 113 Å². The predicted molar refractivity (Wildman–Crippen MR) is 153 cm³/mol. The average Bonchev–Trinajstić information content (AvgIpc) is 3.32. The standard InChI is InChI=1S/C24H20N2.C4H10.C2H6.C2H4/c1-15-11-12-21-20(13-15)18-9-4-5-10-19(18)24-25-14-22(26(21)24)23-16(2)7-6-8-17(23)3;1-3-4-2;2*1-2/h4-14H,1-3H3;3-4H2,1-2H3;1-2H3;1-2H2. The number of rotatable bonds is 2. The molecular weight excluding hydrogens is 412 g/mol. The van der Waals surface area contributed by atoms with E-state index < -0.39 is 0 Å². The van der Waals surface area contributed by atoms with Gasteiger partial charge in [0.15, 0.2) is 0 Å². The number of aromatic nitrogens is 2. The van der Waals surface area contributed by atoms with E-state index in [1.807, 2.05) is 20.0 Å². The van der Waals surface area contributed by atoms with Crippen molar-refractivity contribution in [2.45, 2.75) is 61.3 Å². The number of imidazole rings is 1. The first-order chi connectivity index (χ1) is 16.6. The topological polar surface area (TPSA) is 17.3 Å². The zero-order valence-corrected chi connectivity index (χ0v) is 22.1. The highest BCUT2D eigenvalue weighted by Gasteiger charge is 2.16. The van der Waals surface area contributed by atoms with Crippen molar-refractivity contribution >= 4 is 27.3 Å². The predicted octanol–water partition coefficient (Wildman–Crippen LogP) is 9.87. The van der Waals surface area contributed by atoms with E-state index >= 15 is 0 Å². The second kappa shape index (κ2) is 12.7. The van der Waals surface area contributed by atoms with Crippen molar-refractivity contribution in [2.24, 2.45) is 0 Å². The van der Waals surface area contributed by atoms with Crippen LogP contribution in [0.15, 0.2) is 80.0 Å². The van der Waals surface area contributed by atoms with Crippen molar-refractivity contribution in [3.63, 3.8) is 0 Å². The molecule has 0 aliphatic heterocycles. The summed E-state index contributed by atoms with van der Waals surface area (Å²) in [5, 5.41) is 3.74. The third-order valence-corrected chi connectivity index (χ3v) is 5.85. The van der Waals surface area contributed by atoms with Crippen molar-refractivity contribution in [3.8, 4) is 11.3 Å². The van der Waals surface area contributed by atoms with Gasteiger partial charge < -0.3 is 0 Å². The van der Waals surface area contributed by atoms with Crippen molar-refractivity contribution in [1.29, 1.82) is 0 Å². The molecule has 0 unspecified atom stereocenters. The van der Waals surface area contributed by atoms with Crippen LogP contribution in [0.5, 0.6) is 0 Å². The van der Waals surface area contributed by atoms with Crippen LogP contribution in [-0.2, 0) is 0 Å². The molecule has 0 fully saturated rings. The number of unbranched alkanes of at least 4 members (excludes halogenated alkanes) is 1. The molecule has 2 heterocycles. The van der Waals surface area contributed by atoms with E-state index in [1.54, 1.807) is 0 Å². The molecule has 34 heavy (non-hydrogen) atoms. The van der Waals surface area contributed by atoms with Gasteiger partial charge >= 0.3 is 0 Å². The molecule has 3 aromatic carbocycles. The largest absolute Gasteiger partial charge is 0.292 e. The summed E-state index contributed by atoms with van der Waals surface area (Å²) in [6, 6.07) is 21.7. The normalized spacial score (nSPS) is 10.1. The molecule has 0 N–H and O–H groups in total. The van der Waals surface area contributed by atoms with Gasteiger partial charge in [-0.2, -0.15) is 0 Å². The van der Waals surface area contributed by atoms with Gasteiger partial charge in [0.2, 0.25) is 0 Å². The second-order valence-electron chi connectivity index (χ2n) is 8.14. The van der Waals surface area contributed by atoms with Gasteiger partial charge in [0, 0.05) is 16.3 Å². The van der Waals surface area contributed by atoms with Gasteiger partial charge in [-0.1, -0.05) is 94.6 Å². The summed E-state index contributed by atoms with van der Waals surface area (Å²) < 4.78 is 2.33. The Morgan fingerprint density at radius 1 is 0.735 bits per heavy atom. The molecule has 2 aromatic heterocycles. The minimum Gasteiger partial charge on any atom is -0.292 e. The number of benzene rings is 3. The van der Waals surface area contributed by atoms with Gasteiger partial charge in [0.05, 0.1) is 17.4 Å². The zero-order chi connectivity index (χ0) is 25.3. The molecule has 5 aromatic rings. The monoisotopic (exact) mass is 452 g/mol. The number of pyridine rings is 1. The molecular formula is C32H40N2. The van der Waals surface area contributed by atoms with Gasteiger partial charge in [0.25, 0.3) is 0 Å². The molecule has 0 aliphatic rings. The average molecular weight is 453 g/mol. The van der Waals surface area contributed by atoms with Crippen LogP contribution in [0.2, 0.25) is 0 Å². The maximum atomic E-state index is 4.84. The minimum absolute atomic E-state index is 1.02. The van der Waals surface area contributed by atoms with Crippen LogP contribution in [-0.4, -0.2) is 9.38 Å². The van der Waals surface area contributed by atoms with Crippen LogP contribution in [0.1, 0.15) is 57.2 Å². The molecule has 2 heteroatoms. The Morgan fingerprint density at radius 3 is 1.91 bits per heavy atom. The third-order valence-electron chi connectivity index (χ3n) is 5.85. The lowest BCUT2D eigenvalue weighted by Gasteiger charge is -2.14. The molecule has 0 amide bonds. The van der Waals surface area contributed by atoms with Gasteiger partial charge in [0.1, 0.15) is 5.65 Å². The number of hydrogen-bond donors (Lipinski definition) is 0. The first-order valence-corrected chi connectivity index (χ1v) is 12.4. The maximum Gasteiger partial charge on any atom is 0.145 e. The molecule has 0 bridgehead atoms. The summed E-state index contributed by atoms with van der Waals surface area (Å²) in [5.41, 5.74) is 8.50. The van der Waals surface area contributed by atoms with Crippen LogP contribution >= 0.6 is 0 Å². The fourth-order valence-electron chi connectivity index (χ4n) is 4.15. The summed E-state index contributed by atoms with van der Waals surface area (Å²) in [7, 11) is 0. The Balaban J connectivity index is 0.000000456. The summed E-state index contributed by atoms with van der Waals surface area (Å²) in [4.78, 5) is 4.84. The SMILES string of the molecule is C=C.CC.CCCC.Cc1ccc2c(c1)c1ccccc1c1ncc(-c3c(C)cccc3C)n21. The van der Waals surface area contributed by atoms with Crippen molar-refractivity contribution in [3.05, 3.63) is 96.7 Å². The molecule has 0 saturated heterocycles. The molecule has 0 atom stereocenters. The van der Waals surface area contributed by atoms with E-state index in [0.717, 1.165) is 11.3 Å². The van der Waals surface area contributed by atoms with Crippen LogP contribution in [0, 0.1) is 20.8 Å². The van der Waals surface area contributed by atoms with Gasteiger partial charge in [-0.05, 0) is 49.4 Å². The van der Waals surface area contributed by atoms with Crippen LogP contribution < -0.4 is 0 Å². The Bertz CT molecular complexity index is 1340. The van der Waals surface area contributed by atoms with Gasteiger partial charge in [-0.25, -0.2) is 4.98 Å². The molecule has 0 saturated carbocycles. The molecule has 178 valence electrons. The van der Waals surface area contributed by atoms with Crippen molar-refractivity contribution < 1.29 is 0 Å². The van der Waals surface area contributed by atoms with Gasteiger partial charge in [-0.3, -0.25) is 4.40 Å². The Hall–Kier alpha value is -3.39. The maximum absolute atomic E-state index is 4.84. The fraction of sp³-hybridized carbons (Fsp3) is 0.281. The first-order valence-electron chi connectivity index (χ1n) is 12.4. The Morgan fingerprint density at radius 2 is 1.32 bits per heavy atom. The molecule has 0 spiro atoms. The smallest absolute Gasteiger partial charge is 0.145 e. The Labute approximate surface area is 206 Å². The van der Waals surface area contributed by atoms with E-state index in [9.17, 15) is 0 Å². The molecule has 2 nitrogen and oxygen atoms in total. The quantitative estimate of drug-likeness (QED) is 0.192. The van der Waals surface area contributed by atoms with Crippen LogP contribution in [0.4, 0.5) is 0 Å². The number of hydrogen-bond acceptors (Lipinski definition) is 1. The van der Waals surface area contributed by atoms with Crippen molar-refractivity contribution in [2.75, 3.05) is 0 Å². The van der Waals surface area contributed by atoms with E-state index in [4.69, 9.17) is 4.98 Å². The fourth-order valence-corrected chi connectivity index (χ4v) is 4.15. The third kappa shape index (κ3) is 5.22. The van der Waals surface area contributed by atoms with E-state index in [-0.39, 0.29) is 0 Å². The summed E-state index contributed by atoms with van der Waals surface area (Å²) in [5.74, 6) is 0. The summed E-state index contributed by atoms with van der Waals surface area (Å²) in [6.45, 7) is 20.9. The number of aryl methyl sites for hydroxylation is 3. The molecule has 0 aliphatic carbocycles. The lowest BCUT2D eigenvalue weighted by molar-refractivity contribution is 0.886. The Kier molecular flexibility index (Phi) is 10.1. The van der Waals surface area contributed by atoms with E-state index in [0.29, 0.717) is 0 Å². The second-order valence-corrected chi connectivity index (χ2v) is 8.14. The molecule has 5 rings (SSSR count). The highest BCUT2D eigenvalue weighted by Crippen LogP contribution is 2.35. The minimum atomic E-state index is 1.02. The lowest BCUT2D eigenvalue weighted by atomic mass is 9.99. The molecule has 0 radical (unpaired) electrons. The lowest BCUT2D eigenvalue weighted by Crippen LogP contribution is -1.96. The first kappa shape index (κ1) is 26.9. The van der Waals surface area contributed by atoms with Crippen LogP contribution in [0.3, 0.4) is 0 Å². The highest BCUT2D eigenvalue weighted by molar-refractivity contribution is 6.12.